The van der Waals surface area contributed by atoms with E-state index in [4.69, 9.17) is 0 Å². The molecule has 0 bridgehead atoms. The summed E-state index contributed by atoms with van der Waals surface area (Å²) in [6.45, 7) is 2.28. The maximum Gasteiger partial charge on any atom is 0.120 e. The van der Waals surface area contributed by atoms with Gasteiger partial charge >= 0.3 is 0 Å². The monoisotopic (exact) mass is 196 g/mol. The maximum atomic E-state index is 10.6. The molecule has 4 atom stereocenters. The summed E-state index contributed by atoms with van der Waals surface area (Å²) in [6.07, 6.45) is 7.20. The summed E-state index contributed by atoms with van der Waals surface area (Å²) in [4.78, 5) is 10.6. The molecule has 14 heavy (non-hydrogen) atoms. The van der Waals surface area contributed by atoms with Crippen LogP contribution in [0.5, 0.6) is 0 Å². The van der Waals surface area contributed by atoms with Crippen LogP contribution in [0, 0.1) is 17.3 Å². The second-order valence-electron chi connectivity index (χ2n) is 5.25. The first-order chi connectivity index (χ1) is 6.68. The van der Waals surface area contributed by atoms with Crippen LogP contribution < -0.4 is 0 Å². The Balaban J connectivity index is 2.15. The number of rotatable bonds is 2. The smallest absolute Gasteiger partial charge is 0.120 e. The minimum absolute atomic E-state index is 0.106. The highest BCUT2D eigenvalue weighted by atomic mass is 16.3. The predicted molar refractivity (Wildman–Crippen MR) is 54.9 cm³/mol. The zero-order valence-electron chi connectivity index (χ0n) is 8.91. The van der Waals surface area contributed by atoms with E-state index >= 15 is 0 Å². The number of aliphatic hydroxyl groups is 1. The van der Waals surface area contributed by atoms with Gasteiger partial charge in [0.25, 0.3) is 0 Å². The van der Waals surface area contributed by atoms with Crippen molar-refractivity contribution in [1.82, 2.24) is 0 Å². The first-order valence-electron chi connectivity index (χ1n) is 5.80. The Hall–Kier alpha value is -0.370. The zero-order valence-corrected chi connectivity index (χ0v) is 8.91. The fourth-order valence-corrected chi connectivity index (χ4v) is 3.76. The van der Waals surface area contributed by atoms with Gasteiger partial charge in [0.15, 0.2) is 0 Å². The summed E-state index contributed by atoms with van der Waals surface area (Å²) in [5, 5.41) is 9.94. The van der Waals surface area contributed by atoms with Gasteiger partial charge in [-0.2, -0.15) is 0 Å². The van der Waals surface area contributed by atoms with Crippen molar-refractivity contribution in [2.75, 3.05) is 0 Å². The lowest BCUT2D eigenvalue weighted by Crippen LogP contribution is -2.39. The molecule has 0 aromatic heterocycles. The highest BCUT2D eigenvalue weighted by Gasteiger charge is 2.50. The molecule has 3 unspecified atom stereocenters. The summed E-state index contributed by atoms with van der Waals surface area (Å²) in [7, 11) is 0. The third kappa shape index (κ3) is 1.40. The normalized spacial score (nSPS) is 47.4. The molecule has 2 aliphatic carbocycles. The molecular formula is C12H20O2. The van der Waals surface area contributed by atoms with Crippen molar-refractivity contribution in [1.29, 1.82) is 0 Å². The maximum absolute atomic E-state index is 10.6. The van der Waals surface area contributed by atoms with Crippen LogP contribution >= 0.6 is 0 Å². The van der Waals surface area contributed by atoms with Crippen molar-refractivity contribution < 1.29 is 9.90 Å². The molecular weight excluding hydrogens is 176 g/mol. The second-order valence-corrected chi connectivity index (χ2v) is 5.25. The highest BCUT2D eigenvalue weighted by Crippen LogP contribution is 2.56. The van der Waals surface area contributed by atoms with E-state index in [2.05, 4.69) is 6.92 Å². The summed E-state index contributed by atoms with van der Waals surface area (Å²) >= 11 is 0. The molecule has 0 radical (unpaired) electrons. The van der Waals surface area contributed by atoms with E-state index < -0.39 is 0 Å². The average Bonchev–Trinajstić information content (AvgIpc) is 2.46. The van der Waals surface area contributed by atoms with Crippen LogP contribution in [-0.2, 0) is 4.79 Å². The number of aldehydes is 1. The van der Waals surface area contributed by atoms with Crippen molar-refractivity contribution in [2.45, 2.75) is 51.6 Å². The molecule has 0 saturated heterocycles. The molecule has 80 valence electrons. The first-order valence-corrected chi connectivity index (χ1v) is 5.80. The molecule has 0 heterocycles. The van der Waals surface area contributed by atoms with E-state index in [1.54, 1.807) is 0 Å². The lowest BCUT2D eigenvalue weighted by Gasteiger charge is -2.43. The van der Waals surface area contributed by atoms with Gasteiger partial charge in [0.05, 0.1) is 6.10 Å². The van der Waals surface area contributed by atoms with Crippen LogP contribution in [0.1, 0.15) is 45.4 Å². The molecule has 0 spiro atoms. The fourth-order valence-electron chi connectivity index (χ4n) is 3.76. The van der Waals surface area contributed by atoms with Gasteiger partial charge in [0.1, 0.15) is 6.29 Å². The number of carbonyl (C=O) groups excluding carboxylic acids is 1. The van der Waals surface area contributed by atoms with Crippen molar-refractivity contribution in [2.24, 2.45) is 17.3 Å². The van der Waals surface area contributed by atoms with E-state index in [-0.39, 0.29) is 11.5 Å². The lowest BCUT2D eigenvalue weighted by molar-refractivity contribution is -0.110. The molecule has 0 aromatic rings. The summed E-state index contributed by atoms with van der Waals surface area (Å²) in [5.41, 5.74) is 0.249. The Morgan fingerprint density at radius 3 is 2.93 bits per heavy atom. The van der Waals surface area contributed by atoms with Crippen LogP contribution in [0.4, 0.5) is 0 Å². The molecule has 0 aromatic carbocycles. The van der Waals surface area contributed by atoms with Gasteiger partial charge in [0, 0.05) is 6.42 Å². The Morgan fingerprint density at radius 1 is 1.43 bits per heavy atom. The number of carbonyl (C=O) groups is 1. The molecule has 2 saturated carbocycles. The van der Waals surface area contributed by atoms with Gasteiger partial charge in [-0.1, -0.05) is 13.3 Å². The van der Waals surface area contributed by atoms with Crippen LogP contribution in [0.25, 0.3) is 0 Å². The van der Waals surface area contributed by atoms with E-state index in [9.17, 15) is 9.90 Å². The summed E-state index contributed by atoms with van der Waals surface area (Å²) < 4.78 is 0. The van der Waals surface area contributed by atoms with E-state index in [1.165, 1.54) is 6.42 Å². The third-order valence-electron chi connectivity index (χ3n) is 4.67. The molecule has 2 rings (SSSR count). The Labute approximate surface area is 85.7 Å². The van der Waals surface area contributed by atoms with Crippen molar-refractivity contribution in [3.63, 3.8) is 0 Å². The summed E-state index contributed by atoms with van der Waals surface area (Å²) in [5.74, 6) is 0.987. The van der Waals surface area contributed by atoms with E-state index in [0.29, 0.717) is 18.3 Å². The Kier molecular flexibility index (Phi) is 2.65. The molecule has 2 fully saturated rings. The second kappa shape index (κ2) is 3.65. The Bertz CT molecular complexity index is 226. The van der Waals surface area contributed by atoms with Crippen molar-refractivity contribution in [3.8, 4) is 0 Å². The molecule has 1 N–H and O–H groups in total. The molecule has 2 aliphatic rings. The predicted octanol–water partition coefficient (Wildman–Crippen LogP) is 2.15. The molecule has 2 nitrogen and oxygen atoms in total. The van der Waals surface area contributed by atoms with E-state index in [1.807, 2.05) is 0 Å². The van der Waals surface area contributed by atoms with Crippen molar-refractivity contribution in [3.05, 3.63) is 0 Å². The Morgan fingerprint density at radius 2 is 2.21 bits per heavy atom. The minimum atomic E-state index is -0.106. The van der Waals surface area contributed by atoms with Gasteiger partial charge < -0.3 is 9.90 Å². The van der Waals surface area contributed by atoms with E-state index in [0.717, 1.165) is 32.0 Å². The van der Waals surface area contributed by atoms with Crippen molar-refractivity contribution >= 4 is 6.29 Å². The zero-order chi connectivity index (χ0) is 10.2. The lowest BCUT2D eigenvalue weighted by atomic mass is 9.64. The fraction of sp³-hybridized carbons (Fsp3) is 0.917. The van der Waals surface area contributed by atoms with Gasteiger partial charge in [-0.25, -0.2) is 0 Å². The minimum Gasteiger partial charge on any atom is -0.393 e. The van der Waals surface area contributed by atoms with Crippen LogP contribution in [0.2, 0.25) is 0 Å². The molecule has 0 amide bonds. The van der Waals surface area contributed by atoms with Gasteiger partial charge in [0.2, 0.25) is 0 Å². The van der Waals surface area contributed by atoms with Gasteiger partial charge in [-0.05, 0) is 42.9 Å². The molecule has 0 aliphatic heterocycles. The van der Waals surface area contributed by atoms with Crippen LogP contribution in [-0.4, -0.2) is 17.5 Å². The third-order valence-corrected chi connectivity index (χ3v) is 4.67. The first kappa shape index (κ1) is 10.2. The number of hydrogen-bond donors (Lipinski definition) is 1. The standard InChI is InChI=1S/C12H20O2/c1-12-7-2-3-11(14)10(12)5-4-9(12)6-8-13/h8-11,14H,2-7H2,1H3/t9?,10-,11?,12?/m0/s1. The number of aliphatic hydroxyl groups excluding tert-OH is 1. The largest absolute Gasteiger partial charge is 0.393 e. The number of hydrogen-bond acceptors (Lipinski definition) is 2. The summed E-state index contributed by atoms with van der Waals surface area (Å²) in [6, 6.07) is 0. The average molecular weight is 196 g/mol. The van der Waals surface area contributed by atoms with Crippen LogP contribution in [0.15, 0.2) is 0 Å². The topological polar surface area (TPSA) is 37.3 Å². The van der Waals surface area contributed by atoms with Crippen LogP contribution in [0.3, 0.4) is 0 Å². The molecule has 2 heteroatoms. The SMILES string of the molecule is CC12CCCC(O)[C@@H]1CCC2CC=O. The van der Waals surface area contributed by atoms with Gasteiger partial charge in [-0.3, -0.25) is 0 Å². The quantitative estimate of drug-likeness (QED) is 0.687. The number of fused-ring (bicyclic) bond motifs is 1. The highest BCUT2D eigenvalue weighted by molar-refractivity contribution is 5.50. The van der Waals surface area contributed by atoms with Gasteiger partial charge in [-0.15, -0.1) is 0 Å².